The number of esters is 1. The van der Waals surface area contributed by atoms with Gasteiger partial charge in [0.25, 0.3) is 0 Å². The Morgan fingerprint density at radius 3 is 2.58 bits per heavy atom. The van der Waals surface area contributed by atoms with Crippen LogP contribution in [0.5, 0.6) is 0 Å². The van der Waals surface area contributed by atoms with Gasteiger partial charge < -0.3 is 4.74 Å². The van der Waals surface area contributed by atoms with Gasteiger partial charge in [0.15, 0.2) is 0 Å². The second kappa shape index (κ2) is 5.97. The van der Waals surface area contributed by atoms with E-state index in [2.05, 4.69) is 0 Å². The number of allylic oxidation sites excluding steroid dienone is 3. The summed E-state index contributed by atoms with van der Waals surface area (Å²) in [6, 6.07) is 9.34. The van der Waals surface area contributed by atoms with Crippen molar-refractivity contribution in [2.75, 3.05) is 7.11 Å². The molecule has 1 aliphatic rings. The zero-order valence-corrected chi connectivity index (χ0v) is 11.8. The average Bonchev–Trinajstić information content (AvgIpc) is 2.46. The van der Waals surface area contributed by atoms with Gasteiger partial charge in [0.2, 0.25) is 0 Å². The molecule has 0 amide bonds. The van der Waals surface area contributed by atoms with Gasteiger partial charge in [-0.3, -0.25) is 0 Å². The van der Waals surface area contributed by atoms with Crippen LogP contribution in [0.3, 0.4) is 0 Å². The Morgan fingerprint density at radius 2 is 2.00 bits per heavy atom. The smallest absolute Gasteiger partial charge is 0.333 e. The van der Waals surface area contributed by atoms with Crippen LogP contribution in [0.15, 0.2) is 57.9 Å². The summed E-state index contributed by atoms with van der Waals surface area (Å²) in [5.74, 6) is -0.337. The molecule has 2 rings (SSSR count). The number of hydrogen-bond acceptors (Lipinski definition) is 3. The highest BCUT2D eigenvalue weighted by atomic mass is 32.2. The molecule has 1 unspecified atom stereocenters. The summed E-state index contributed by atoms with van der Waals surface area (Å²) in [5, 5.41) is 0. The van der Waals surface area contributed by atoms with Crippen LogP contribution >= 0.6 is 0 Å². The lowest BCUT2D eigenvalue weighted by molar-refractivity contribution is -0.136. The molecule has 0 fully saturated rings. The first-order valence-electron chi connectivity index (χ1n) is 6.09. The zero-order valence-electron chi connectivity index (χ0n) is 11.0. The molecule has 3 nitrogen and oxygen atoms in total. The van der Waals surface area contributed by atoms with E-state index in [0.717, 1.165) is 9.80 Å². The van der Waals surface area contributed by atoms with Gasteiger partial charge in [0.1, 0.15) is 0 Å². The molecule has 0 aromatic heterocycles. The zero-order chi connectivity index (χ0) is 13.8. The molecule has 1 aliphatic carbocycles. The summed E-state index contributed by atoms with van der Waals surface area (Å²) < 4.78 is 17.2. The molecule has 0 N–H and O–H groups in total. The number of carbonyl (C=O) groups excluding carboxylic acids is 1. The number of hydrogen-bond donors (Lipinski definition) is 0. The highest BCUT2D eigenvalue weighted by Gasteiger charge is 2.22. The third-order valence-corrected chi connectivity index (χ3v) is 4.71. The summed E-state index contributed by atoms with van der Waals surface area (Å²) in [4.78, 5) is 13.1. The lowest BCUT2D eigenvalue weighted by Gasteiger charge is -2.18. The van der Waals surface area contributed by atoms with E-state index in [4.69, 9.17) is 4.74 Å². The Hall–Kier alpha value is -1.68. The van der Waals surface area contributed by atoms with Crippen molar-refractivity contribution in [3.63, 3.8) is 0 Å². The molecular formula is C15H16O3S. The van der Waals surface area contributed by atoms with Crippen LogP contribution in [-0.2, 0) is 20.3 Å². The summed E-state index contributed by atoms with van der Waals surface area (Å²) >= 11 is 0. The van der Waals surface area contributed by atoms with Gasteiger partial charge in [-0.1, -0.05) is 37.3 Å². The van der Waals surface area contributed by atoms with Crippen molar-refractivity contribution in [3.05, 3.63) is 53.0 Å². The van der Waals surface area contributed by atoms with Crippen LogP contribution in [-0.4, -0.2) is 17.3 Å². The van der Waals surface area contributed by atoms with Gasteiger partial charge in [-0.25, -0.2) is 9.00 Å². The monoisotopic (exact) mass is 276 g/mol. The Labute approximate surface area is 115 Å². The van der Waals surface area contributed by atoms with E-state index in [-0.39, 0.29) is 11.9 Å². The highest BCUT2D eigenvalue weighted by molar-refractivity contribution is 7.89. The van der Waals surface area contributed by atoms with Gasteiger partial charge in [0.05, 0.1) is 17.9 Å². The molecule has 0 heterocycles. The van der Waals surface area contributed by atoms with Crippen LogP contribution in [0.2, 0.25) is 0 Å². The minimum Gasteiger partial charge on any atom is -0.466 e. The summed E-state index contributed by atoms with van der Waals surface area (Å²) in [6.45, 7) is 1.94. The molecule has 1 aromatic rings. The third-order valence-electron chi connectivity index (χ3n) is 3.04. The number of rotatable bonds is 3. The van der Waals surface area contributed by atoms with Crippen molar-refractivity contribution in [2.24, 2.45) is 5.92 Å². The van der Waals surface area contributed by atoms with Crippen LogP contribution in [0.25, 0.3) is 0 Å². The maximum absolute atomic E-state index is 12.5. The number of benzene rings is 1. The van der Waals surface area contributed by atoms with Gasteiger partial charge >= 0.3 is 5.97 Å². The summed E-state index contributed by atoms with van der Waals surface area (Å²) in [5.41, 5.74) is 0.629. The van der Waals surface area contributed by atoms with Crippen molar-refractivity contribution >= 4 is 16.8 Å². The van der Waals surface area contributed by atoms with E-state index < -0.39 is 10.8 Å². The molecule has 4 heteroatoms. The second-order valence-corrected chi connectivity index (χ2v) is 5.84. The SMILES string of the molecule is COC(=O)C1=C[C@@H](C)C(S(=O)c2ccccc2)=CC1. The Kier molecular flexibility index (Phi) is 4.32. The molecule has 0 bridgehead atoms. The normalized spacial score (nSPS) is 20.2. The minimum atomic E-state index is -1.17. The molecular weight excluding hydrogens is 260 g/mol. The standard InChI is InChI=1S/C15H16O3S/c1-11-10-12(15(16)18-2)8-9-14(11)19(17)13-6-4-3-5-7-13/h3-7,9-11H,8H2,1-2H3/t11-,19?/m1/s1. The fourth-order valence-electron chi connectivity index (χ4n) is 2.06. The van der Waals surface area contributed by atoms with Crippen molar-refractivity contribution in [1.82, 2.24) is 0 Å². The predicted octanol–water partition coefficient (Wildman–Crippen LogP) is 2.82. The maximum atomic E-state index is 12.5. The summed E-state index contributed by atoms with van der Waals surface area (Å²) in [6.07, 6.45) is 4.19. The fourth-order valence-corrected chi connectivity index (χ4v) is 3.37. The molecule has 2 atom stereocenters. The molecule has 0 spiro atoms. The van der Waals surface area contributed by atoms with Crippen LogP contribution < -0.4 is 0 Å². The minimum absolute atomic E-state index is 0.0242. The molecule has 0 saturated heterocycles. The molecule has 1 aromatic carbocycles. The largest absolute Gasteiger partial charge is 0.466 e. The van der Waals surface area contributed by atoms with E-state index in [1.165, 1.54) is 7.11 Å². The maximum Gasteiger partial charge on any atom is 0.333 e. The van der Waals surface area contributed by atoms with Crippen LogP contribution in [0.4, 0.5) is 0 Å². The first-order valence-corrected chi connectivity index (χ1v) is 7.24. The summed E-state index contributed by atoms with van der Waals surface area (Å²) in [7, 11) is 0.205. The van der Waals surface area contributed by atoms with E-state index in [1.807, 2.05) is 49.4 Å². The number of methoxy groups -OCH3 is 1. The number of carbonyl (C=O) groups is 1. The van der Waals surface area contributed by atoms with E-state index >= 15 is 0 Å². The second-order valence-electron chi connectivity index (χ2n) is 4.36. The van der Waals surface area contributed by atoms with E-state index in [9.17, 15) is 9.00 Å². The van der Waals surface area contributed by atoms with Crippen LogP contribution in [0, 0.1) is 5.92 Å². The Bertz CT molecular complexity index is 558. The topological polar surface area (TPSA) is 43.4 Å². The lowest BCUT2D eigenvalue weighted by atomic mass is 9.98. The molecule has 100 valence electrons. The highest BCUT2D eigenvalue weighted by Crippen LogP contribution is 2.29. The van der Waals surface area contributed by atoms with Crippen LogP contribution in [0.1, 0.15) is 13.3 Å². The van der Waals surface area contributed by atoms with Gasteiger partial charge in [-0.05, 0) is 18.6 Å². The van der Waals surface area contributed by atoms with Gasteiger partial charge in [-0.2, -0.15) is 0 Å². The Morgan fingerprint density at radius 1 is 1.32 bits per heavy atom. The van der Waals surface area contributed by atoms with Crippen molar-refractivity contribution < 1.29 is 13.7 Å². The fraction of sp³-hybridized carbons (Fsp3) is 0.267. The lowest BCUT2D eigenvalue weighted by Crippen LogP contribution is -2.13. The average molecular weight is 276 g/mol. The molecule has 0 saturated carbocycles. The molecule has 0 aliphatic heterocycles. The third kappa shape index (κ3) is 3.01. The Balaban J connectivity index is 2.19. The van der Waals surface area contributed by atoms with Crippen molar-refractivity contribution in [1.29, 1.82) is 0 Å². The van der Waals surface area contributed by atoms with Gasteiger partial charge in [-0.15, -0.1) is 0 Å². The number of ether oxygens (including phenoxy) is 1. The van der Waals surface area contributed by atoms with Crippen molar-refractivity contribution in [2.45, 2.75) is 18.2 Å². The quantitative estimate of drug-likeness (QED) is 0.797. The van der Waals surface area contributed by atoms with E-state index in [1.54, 1.807) is 0 Å². The molecule has 0 radical (unpaired) electrons. The van der Waals surface area contributed by atoms with Gasteiger partial charge in [0, 0.05) is 21.3 Å². The first kappa shape index (κ1) is 13.7. The first-order chi connectivity index (χ1) is 9.13. The molecule has 19 heavy (non-hydrogen) atoms. The van der Waals surface area contributed by atoms with E-state index in [0.29, 0.717) is 12.0 Å². The van der Waals surface area contributed by atoms with Crippen molar-refractivity contribution in [3.8, 4) is 0 Å². The predicted molar refractivity (Wildman–Crippen MR) is 74.8 cm³/mol.